The fourth-order valence-electron chi connectivity index (χ4n) is 0.947. The van der Waals surface area contributed by atoms with Gasteiger partial charge < -0.3 is 4.74 Å². The second-order valence-electron chi connectivity index (χ2n) is 2.78. The molecule has 0 saturated heterocycles. The molecule has 15 heavy (non-hydrogen) atoms. The van der Waals surface area contributed by atoms with Gasteiger partial charge in [-0.2, -0.15) is 4.98 Å². The monoisotopic (exact) mass is 288 g/mol. The number of ether oxygens (including phenoxy) is 1. The van der Waals surface area contributed by atoms with Gasteiger partial charge in [0.2, 0.25) is 17.0 Å². The fraction of sp³-hybridized carbons (Fsp3) is 0.125. The highest BCUT2D eigenvalue weighted by Gasteiger charge is 2.08. The van der Waals surface area contributed by atoms with Crippen LogP contribution in [-0.2, 0) is 0 Å². The van der Waals surface area contributed by atoms with Crippen LogP contribution in [0.25, 0.3) is 0 Å². The molecule has 0 unspecified atom stereocenters. The van der Waals surface area contributed by atoms with Gasteiger partial charge in [-0.25, -0.2) is 4.98 Å². The molecule has 0 bridgehead atoms. The minimum atomic E-state index is 0.125. The van der Waals surface area contributed by atoms with Crippen LogP contribution in [0, 0.1) is 6.92 Å². The van der Waals surface area contributed by atoms with Crippen LogP contribution in [0.3, 0.4) is 0 Å². The van der Waals surface area contributed by atoms with Gasteiger partial charge in [0.15, 0.2) is 0 Å². The summed E-state index contributed by atoms with van der Waals surface area (Å²) in [7, 11) is 0. The number of nitrogens with one attached hydrogen (secondary N) is 1. The van der Waals surface area contributed by atoms with Gasteiger partial charge in [0.25, 0.3) is 0 Å². The van der Waals surface area contributed by atoms with Gasteiger partial charge in [0.05, 0.1) is 4.47 Å². The summed E-state index contributed by atoms with van der Waals surface area (Å²) >= 11 is 8.89. The maximum absolute atomic E-state index is 5.64. The van der Waals surface area contributed by atoms with E-state index in [0.29, 0.717) is 16.2 Å². The lowest BCUT2D eigenvalue weighted by molar-refractivity contribution is 0.439. The molecule has 0 radical (unpaired) electrons. The Morgan fingerprint density at radius 2 is 2.33 bits per heavy atom. The summed E-state index contributed by atoms with van der Waals surface area (Å²) in [5.74, 6) is 0.768. The number of rotatable bonds is 2. The molecule has 2 aromatic heterocycles. The first-order valence-electron chi connectivity index (χ1n) is 4.03. The predicted octanol–water partition coefficient (Wildman–Crippen LogP) is 2.72. The molecule has 2 rings (SSSR count). The number of hydrogen-bond acceptors (Lipinski definition) is 4. The molecule has 5 nitrogen and oxygen atoms in total. The smallest absolute Gasteiger partial charge is 0.240 e. The predicted molar refractivity (Wildman–Crippen MR) is 58.1 cm³/mol. The van der Waals surface area contributed by atoms with Crippen LogP contribution >= 0.6 is 27.5 Å². The van der Waals surface area contributed by atoms with Crippen LogP contribution in [-0.4, -0.2) is 20.2 Å². The van der Waals surface area contributed by atoms with Crippen molar-refractivity contribution >= 4 is 27.5 Å². The van der Waals surface area contributed by atoms with Crippen molar-refractivity contribution in [3.63, 3.8) is 0 Å². The van der Waals surface area contributed by atoms with Gasteiger partial charge in [-0.3, -0.25) is 5.10 Å². The third-order valence-corrected chi connectivity index (χ3v) is 2.29. The highest BCUT2D eigenvalue weighted by atomic mass is 79.9. The Hall–Kier alpha value is -1.14. The Balaban J connectivity index is 2.27. The van der Waals surface area contributed by atoms with Crippen LogP contribution in [0.2, 0.25) is 5.28 Å². The van der Waals surface area contributed by atoms with Gasteiger partial charge in [0, 0.05) is 18.0 Å². The Kier molecular flexibility index (Phi) is 2.88. The summed E-state index contributed by atoms with van der Waals surface area (Å²) in [6.45, 7) is 1.88. The van der Waals surface area contributed by atoms with E-state index in [4.69, 9.17) is 16.3 Å². The van der Waals surface area contributed by atoms with Crippen molar-refractivity contribution in [1.82, 2.24) is 20.2 Å². The number of aryl methyl sites for hydroxylation is 1. The number of nitrogens with zero attached hydrogens (tertiary/aromatic N) is 3. The SMILES string of the molecule is Cc1cc(Oc2nc(Cl)ncc2Br)n[nH]1. The van der Waals surface area contributed by atoms with Crippen molar-refractivity contribution in [1.29, 1.82) is 0 Å². The second kappa shape index (κ2) is 4.16. The molecule has 0 aliphatic rings. The largest absolute Gasteiger partial charge is 0.418 e. The maximum Gasteiger partial charge on any atom is 0.240 e. The third-order valence-electron chi connectivity index (χ3n) is 1.57. The molecule has 0 atom stereocenters. The van der Waals surface area contributed by atoms with Crippen molar-refractivity contribution in [3.05, 3.63) is 27.7 Å². The van der Waals surface area contributed by atoms with Crippen molar-refractivity contribution < 1.29 is 4.74 Å². The van der Waals surface area contributed by atoms with E-state index in [-0.39, 0.29) is 5.28 Å². The zero-order valence-corrected chi connectivity index (χ0v) is 10.0. The fourth-order valence-corrected chi connectivity index (χ4v) is 1.34. The van der Waals surface area contributed by atoms with Crippen LogP contribution in [0.1, 0.15) is 5.69 Å². The minimum absolute atomic E-state index is 0.125. The van der Waals surface area contributed by atoms with Gasteiger partial charge in [-0.15, -0.1) is 5.10 Å². The van der Waals surface area contributed by atoms with Crippen LogP contribution in [0.5, 0.6) is 11.8 Å². The van der Waals surface area contributed by atoms with E-state index in [9.17, 15) is 0 Å². The van der Waals surface area contributed by atoms with E-state index in [0.717, 1.165) is 5.69 Å². The van der Waals surface area contributed by atoms with Gasteiger partial charge in [-0.05, 0) is 34.5 Å². The summed E-state index contributed by atoms with van der Waals surface area (Å²) in [6, 6.07) is 1.75. The molecular weight excluding hydrogens is 283 g/mol. The Morgan fingerprint density at radius 3 is 3.00 bits per heavy atom. The number of halogens is 2. The zero-order chi connectivity index (χ0) is 10.8. The molecule has 1 N–H and O–H groups in total. The lowest BCUT2D eigenvalue weighted by Gasteiger charge is -2.02. The molecule has 0 aliphatic carbocycles. The molecule has 0 aliphatic heterocycles. The van der Waals surface area contributed by atoms with Crippen molar-refractivity contribution in [2.75, 3.05) is 0 Å². The van der Waals surface area contributed by atoms with E-state index in [1.165, 1.54) is 6.20 Å². The van der Waals surface area contributed by atoms with E-state index in [2.05, 4.69) is 36.1 Å². The Bertz CT molecular complexity index is 487. The van der Waals surface area contributed by atoms with Gasteiger partial charge in [-0.1, -0.05) is 0 Å². The Labute approximate surface area is 99.0 Å². The number of aromatic amines is 1. The molecule has 0 aromatic carbocycles. The summed E-state index contributed by atoms with van der Waals surface area (Å²) in [5, 5.41) is 6.79. The summed E-state index contributed by atoms with van der Waals surface area (Å²) in [4.78, 5) is 7.69. The second-order valence-corrected chi connectivity index (χ2v) is 3.98. The Morgan fingerprint density at radius 1 is 1.53 bits per heavy atom. The first kappa shape index (κ1) is 10.4. The average molecular weight is 290 g/mol. The normalized spacial score (nSPS) is 10.3. The molecule has 0 spiro atoms. The number of hydrogen-bond donors (Lipinski definition) is 1. The van der Waals surface area contributed by atoms with Crippen LogP contribution in [0.4, 0.5) is 0 Å². The van der Waals surface area contributed by atoms with Crippen LogP contribution < -0.4 is 4.74 Å². The molecule has 2 aromatic rings. The molecule has 2 heterocycles. The highest BCUT2D eigenvalue weighted by Crippen LogP contribution is 2.26. The molecule has 0 fully saturated rings. The van der Waals surface area contributed by atoms with E-state index >= 15 is 0 Å². The van der Waals surface area contributed by atoms with Gasteiger partial charge in [0.1, 0.15) is 0 Å². The van der Waals surface area contributed by atoms with Crippen molar-refractivity contribution in [3.8, 4) is 11.8 Å². The van der Waals surface area contributed by atoms with E-state index in [1.54, 1.807) is 6.07 Å². The van der Waals surface area contributed by atoms with E-state index in [1.807, 2.05) is 6.92 Å². The number of H-pyrrole nitrogens is 1. The third kappa shape index (κ3) is 2.45. The topological polar surface area (TPSA) is 63.7 Å². The maximum atomic E-state index is 5.64. The first-order valence-corrected chi connectivity index (χ1v) is 5.20. The zero-order valence-electron chi connectivity index (χ0n) is 7.66. The number of aromatic nitrogens is 4. The van der Waals surface area contributed by atoms with Crippen molar-refractivity contribution in [2.24, 2.45) is 0 Å². The van der Waals surface area contributed by atoms with E-state index < -0.39 is 0 Å². The lowest BCUT2D eigenvalue weighted by Crippen LogP contribution is -1.91. The van der Waals surface area contributed by atoms with Gasteiger partial charge >= 0.3 is 0 Å². The minimum Gasteiger partial charge on any atom is -0.418 e. The summed E-state index contributed by atoms with van der Waals surface area (Å²) in [5.41, 5.74) is 0.904. The quantitative estimate of drug-likeness (QED) is 0.863. The highest BCUT2D eigenvalue weighted by molar-refractivity contribution is 9.10. The van der Waals surface area contributed by atoms with Crippen LogP contribution in [0.15, 0.2) is 16.7 Å². The first-order chi connectivity index (χ1) is 7.15. The molecule has 0 saturated carbocycles. The molecular formula is C8H6BrClN4O. The average Bonchev–Trinajstić information content (AvgIpc) is 2.58. The summed E-state index contributed by atoms with van der Waals surface area (Å²) in [6.07, 6.45) is 1.52. The standard InChI is InChI=1S/C8H6BrClN4O/c1-4-2-6(14-13-4)15-7-5(9)3-11-8(10)12-7/h2-3H,1H3,(H,13,14). The molecule has 7 heteroatoms. The lowest BCUT2D eigenvalue weighted by atomic mass is 10.5. The molecule has 78 valence electrons. The van der Waals surface area contributed by atoms with Crippen molar-refractivity contribution in [2.45, 2.75) is 6.92 Å². The summed E-state index contributed by atoms with van der Waals surface area (Å²) < 4.78 is 6.00. The molecule has 0 amide bonds.